The van der Waals surface area contributed by atoms with Gasteiger partial charge in [-0.15, -0.1) is 0 Å². The van der Waals surface area contributed by atoms with Crippen LogP contribution in [0.15, 0.2) is 60.7 Å². The first-order valence-electron chi connectivity index (χ1n) is 15.5. The van der Waals surface area contributed by atoms with Crippen molar-refractivity contribution in [1.29, 1.82) is 0 Å². The van der Waals surface area contributed by atoms with Gasteiger partial charge in [0.2, 0.25) is 5.91 Å². The second kappa shape index (κ2) is 13.8. The van der Waals surface area contributed by atoms with Gasteiger partial charge in [0.05, 0.1) is 11.0 Å². The number of imidazole rings is 1. The quantitative estimate of drug-likeness (QED) is 0.207. The highest BCUT2D eigenvalue weighted by Crippen LogP contribution is 2.31. The van der Waals surface area contributed by atoms with Crippen molar-refractivity contribution in [1.82, 2.24) is 19.8 Å². The maximum atomic E-state index is 14.2. The maximum Gasteiger partial charge on any atom is 0.407 e. The Kier molecular flexibility index (Phi) is 9.84. The van der Waals surface area contributed by atoms with Crippen molar-refractivity contribution in [3.05, 3.63) is 77.9 Å². The monoisotopic (exact) mass is 602 g/mol. The van der Waals surface area contributed by atoms with Gasteiger partial charge >= 0.3 is 6.09 Å². The molecule has 0 radical (unpaired) electrons. The highest BCUT2D eigenvalue weighted by molar-refractivity contribution is 5.83. The van der Waals surface area contributed by atoms with Crippen molar-refractivity contribution in [2.75, 3.05) is 26.8 Å². The Hall–Kier alpha value is -3.98. The Morgan fingerprint density at radius 2 is 1.89 bits per heavy atom. The molecule has 234 valence electrons. The summed E-state index contributed by atoms with van der Waals surface area (Å²) in [6.45, 7) is 7.87. The van der Waals surface area contributed by atoms with Crippen LogP contribution in [0.2, 0.25) is 0 Å². The van der Waals surface area contributed by atoms with Crippen molar-refractivity contribution in [2.45, 2.75) is 77.0 Å². The van der Waals surface area contributed by atoms with E-state index in [9.17, 15) is 14.0 Å². The summed E-state index contributed by atoms with van der Waals surface area (Å²) in [6, 6.07) is 18.6. The fourth-order valence-electron chi connectivity index (χ4n) is 6.08. The van der Waals surface area contributed by atoms with Crippen molar-refractivity contribution in [2.24, 2.45) is 0 Å². The maximum absolute atomic E-state index is 14.2. The Morgan fingerprint density at radius 1 is 1.09 bits per heavy atom. The SMILES string of the molecule is COCCCn1c([C@@H]2CCCN(C(=O)C[C@@H](Cc3ccc4ccccc4c3)NC(=O)OC(C)(C)C)C2)nc2ccc(F)cc21. The molecule has 1 N–H and O–H groups in total. The lowest BCUT2D eigenvalue weighted by atomic mass is 9.95. The topological polar surface area (TPSA) is 85.7 Å². The Labute approximate surface area is 258 Å². The number of alkyl carbamates (subject to hydrolysis) is 1. The highest BCUT2D eigenvalue weighted by Gasteiger charge is 2.31. The number of aryl methyl sites for hydroxylation is 1. The molecule has 1 aromatic heterocycles. The molecule has 2 heterocycles. The average molecular weight is 603 g/mol. The number of hydrogen-bond donors (Lipinski definition) is 1. The van der Waals surface area contributed by atoms with Gasteiger partial charge in [0.25, 0.3) is 0 Å². The van der Waals surface area contributed by atoms with E-state index in [4.69, 9.17) is 14.5 Å². The van der Waals surface area contributed by atoms with E-state index >= 15 is 0 Å². The summed E-state index contributed by atoms with van der Waals surface area (Å²) in [7, 11) is 1.67. The number of benzene rings is 3. The minimum absolute atomic E-state index is 0.0171. The minimum Gasteiger partial charge on any atom is -0.444 e. The Bertz CT molecular complexity index is 1610. The number of carbonyl (C=O) groups excluding carboxylic acids is 2. The molecular formula is C35H43FN4O4. The zero-order chi connectivity index (χ0) is 31.3. The third-order valence-electron chi connectivity index (χ3n) is 8.05. The second-order valence-electron chi connectivity index (χ2n) is 12.7. The second-order valence-corrected chi connectivity index (χ2v) is 12.7. The fourth-order valence-corrected chi connectivity index (χ4v) is 6.08. The number of piperidine rings is 1. The highest BCUT2D eigenvalue weighted by atomic mass is 19.1. The summed E-state index contributed by atoms with van der Waals surface area (Å²) in [5, 5.41) is 5.22. The minimum atomic E-state index is -0.653. The molecule has 0 unspecified atom stereocenters. The van der Waals surface area contributed by atoms with E-state index < -0.39 is 17.7 Å². The van der Waals surface area contributed by atoms with Crippen molar-refractivity contribution < 1.29 is 23.5 Å². The first kappa shape index (κ1) is 31.4. The van der Waals surface area contributed by atoms with Crippen LogP contribution in [-0.2, 0) is 27.2 Å². The molecule has 2 amide bonds. The summed E-state index contributed by atoms with van der Waals surface area (Å²) in [5.74, 6) is 0.569. The van der Waals surface area contributed by atoms with Gasteiger partial charge < -0.3 is 24.3 Å². The van der Waals surface area contributed by atoms with Crippen LogP contribution in [-0.4, -0.2) is 64.9 Å². The van der Waals surface area contributed by atoms with Gasteiger partial charge in [0.1, 0.15) is 17.2 Å². The number of aromatic nitrogens is 2. The van der Waals surface area contributed by atoms with Crippen molar-refractivity contribution >= 4 is 33.8 Å². The summed E-state index contributed by atoms with van der Waals surface area (Å²) in [5.41, 5.74) is 1.89. The number of amides is 2. The molecule has 0 bridgehead atoms. The van der Waals surface area contributed by atoms with E-state index in [0.29, 0.717) is 32.7 Å². The zero-order valence-corrected chi connectivity index (χ0v) is 26.1. The lowest BCUT2D eigenvalue weighted by Crippen LogP contribution is -2.46. The van der Waals surface area contributed by atoms with Crippen LogP contribution in [0.3, 0.4) is 0 Å². The van der Waals surface area contributed by atoms with Gasteiger partial charge in [-0.2, -0.15) is 0 Å². The first-order valence-corrected chi connectivity index (χ1v) is 15.5. The number of halogens is 1. The van der Waals surface area contributed by atoms with Crippen LogP contribution in [0.4, 0.5) is 9.18 Å². The van der Waals surface area contributed by atoms with Gasteiger partial charge in [-0.1, -0.05) is 42.5 Å². The number of hydrogen-bond acceptors (Lipinski definition) is 5. The Morgan fingerprint density at radius 3 is 2.66 bits per heavy atom. The molecule has 4 aromatic rings. The lowest BCUT2D eigenvalue weighted by molar-refractivity contribution is -0.132. The predicted molar refractivity (Wildman–Crippen MR) is 170 cm³/mol. The molecule has 2 atom stereocenters. The molecule has 3 aromatic carbocycles. The van der Waals surface area contributed by atoms with E-state index in [2.05, 4.69) is 34.1 Å². The van der Waals surface area contributed by atoms with Crippen LogP contribution in [0, 0.1) is 5.82 Å². The average Bonchev–Trinajstić information content (AvgIpc) is 3.33. The molecule has 8 nitrogen and oxygen atoms in total. The Balaban J connectivity index is 1.34. The third kappa shape index (κ3) is 7.94. The van der Waals surface area contributed by atoms with E-state index in [-0.39, 0.29) is 24.1 Å². The smallest absolute Gasteiger partial charge is 0.407 e. The fraction of sp³-hybridized carbons (Fsp3) is 0.457. The molecule has 1 saturated heterocycles. The summed E-state index contributed by atoms with van der Waals surface area (Å²) in [6.07, 6.45) is 2.59. The number of carbonyl (C=O) groups is 2. The number of ether oxygens (including phenoxy) is 2. The molecule has 0 aliphatic carbocycles. The van der Waals surface area contributed by atoms with E-state index in [1.165, 1.54) is 12.1 Å². The molecule has 0 saturated carbocycles. The number of nitrogens with one attached hydrogen (secondary N) is 1. The first-order chi connectivity index (χ1) is 21.1. The number of nitrogens with zero attached hydrogens (tertiary/aromatic N) is 3. The molecular weight excluding hydrogens is 559 g/mol. The van der Waals surface area contributed by atoms with Crippen LogP contribution in [0.1, 0.15) is 63.8 Å². The molecule has 9 heteroatoms. The van der Waals surface area contributed by atoms with Crippen LogP contribution in [0.5, 0.6) is 0 Å². The molecule has 0 spiro atoms. The largest absolute Gasteiger partial charge is 0.444 e. The van der Waals surface area contributed by atoms with E-state index in [0.717, 1.165) is 52.5 Å². The van der Waals surface area contributed by atoms with E-state index in [1.807, 2.05) is 43.9 Å². The molecule has 1 aliphatic heterocycles. The number of rotatable bonds is 10. The van der Waals surface area contributed by atoms with Crippen LogP contribution >= 0.6 is 0 Å². The lowest BCUT2D eigenvalue weighted by Gasteiger charge is -2.34. The van der Waals surface area contributed by atoms with Gasteiger partial charge in [-0.25, -0.2) is 14.2 Å². The standard InChI is InChI=1S/C35H43FN4O4/c1-35(2,3)44-34(42)37-29(20-24-12-13-25-9-5-6-10-26(25)19-24)22-32(41)39-16-7-11-27(23-39)33-38-30-15-14-28(36)21-31(30)40(33)17-8-18-43-4/h5-6,9-10,12-15,19,21,27,29H,7-8,11,16-18,20,22-23H2,1-4H3,(H,37,42)/t27-,29-/m1/s1. The van der Waals surface area contributed by atoms with Crippen LogP contribution in [0.25, 0.3) is 21.8 Å². The van der Waals surface area contributed by atoms with Crippen molar-refractivity contribution in [3.8, 4) is 0 Å². The molecule has 5 rings (SSSR count). The van der Waals surface area contributed by atoms with Gasteiger partial charge in [-0.05, 0) is 81.0 Å². The van der Waals surface area contributed by atoms with E-state index in [1.54, 1.807) is 13.2 Å². The number of methoxy groups -OCH3 is 1. The predicted octanol–water partition coefficient (Wildman–Crippen LogP) is 6.60. The summed E-state index contributed by atoms with van der Waals surface area (Å²) < 4.78 is 27.1. The zero-order valence-electron chi connectivity index (χ0n) is 26.1. The van der Waals surface area contributed by atoms with Gasteiger partial charge in [0.15, 0.2) is 0 Å². The van der Waals surface area contributed by atoms with Crippen LogP contribution < -0.4 is 5.32 Å². The summed E-state index contributed by atoms with van der Waals surface area (Å²) in [4.78, 5) is 33.4. The van der Waals surface area contributed by atoms with Gasteiger partial charge in [0, 0.05) is 51.7 Å². The van der Waals surface area contributed by atoms with Crippen molar-refractivity contribution in [3.63, 3.8) is 0 Å². The normalized spacial score (nSPS) is 16.3. The molecule has 1 fully saturated rings. The summed E-state index contributed by atoms with van der Waals surface area (Å²) >= 11 is 0. The number of fused-ring (bicyclic) bond motifs is 2. The molecule has 1 aliphatic rings. The molecule has 44 heavy (non-hydrogen) atoms. The third-order valence-corrected chi connectivity index (χ3v) is 8.05. The number of likely N-dealkylation sites (tertiary alicyclic amines) is 1. The van der Waals surface area contributed by atoms with Gasteiger partial charge in [-0.3, -0.25) is 4.79 Å².